The van der Waals surface area contributed by atoms with Crippen molar-refractivity contribution in [2.24, 2.45) is 0 Å². The first-order valence-electron chi connectivity index (χ1n) is 7.94. The summed E-state index contributed by atoms with van der Waals surface area (Å²) in [7, 11) is -4.40. The summed E-state index contributed by atoms with van der Waals surface area (Å²) in [6, 6.07) is 23.2. The van der Waals surface area contributed by atoms with Crippen LogP contribution in [0.25, 0.3) is 11.1 Å². The molecule has 0 unspecified atom stereocenters. The smallest absolute Gasteiger partial charge is 0.296 e. The topological polar surface area (TPSA) is 83.5 Å². The number of anilines is 1. The lowest BCUT2D eigenvalue weighted by atomic mass is 10.0. The predicted octanol–water partition coefficient (Wildman–Crippen LogP) is 3.78. The van der Waals surface area contributed by atoms with Gasteiger partial charge in [0.2, 0.25) is 5.91 Å². The van der Waals surface area contributed by atoms with Gasteiger partial charge in [-0.05, 0) is 28.8 Å². The Morgan fingerprint density at radius 2 is 1.38 bits per heavy atom. The SMILES string of the molecule is O=C(Cc1ccc(-c2ccccc2)cc1)Nc1ccccc1S(=O)(=O)O. The van der Waals surface area contributed by atoms with Gasteiger partial charge in [0.25, 0.3) is 10.1 Å². The molecule has 0 saturated heterocycles. The van der Waals surface area contributed by atoms with Gasteiger partial charge in [0.05, 0.1) is 12.1 Å². The highest BCUT2D eigenvalue weighted by Crippen LogP contribution is 2.22. The van der Waals surface area contributed by atoms with Crippen molar-refractivity contribution in [2.75, 3.05) is 5.32 Å². The van der Waals surface area contributed by atoms with Crippen molar-refractivity contribution in [3.63, 3.8) is 0 Å². The van der Waals surface area contributed by atoms with E-state index >= 15 is 0 Å². The van der Waals surface area contributed by atoms with Crippen LogP contribution >= 0.6 is 0 Å². The predicted molar refractivity (Wildman–Crippen MR) is 100 cm³/mol. The van der Waals surface area contributed by atoms with E-state index in [1.54, 1.807) is 6.07 Å². The van der Waals surface area contributed by atoms with Crippen LogP contribution in [0.5, 0.6) is 0 Å². The molecule has 26 heavy (non-hydrogen) atoms. The normalized spacial score (nSPS) is 11.1. The lowest BCUT2D eigenvalue weighted by Gasteiger charge is -2.09. The zero-order valence-electron chi connectivity index (χ0n) is 13.8. The number of carbonyl (C=O) groups is 1. The van der Waals surface area contributed by atoms with Crippen LogP contribution in [-0.4, -0.2) is 18.9 Å². The first kappa shape index (κ1) is 17.8. The molecule has 0 aliphatic heterocycles. The number of nitrogens with one attached hydrogen (secondary N) is 1. The Morgan fingerprint density at radius 1 is 0.808 bits per heavy atom. The Kier molecular flexibility index (Phi) is 5.16. The molecule has 1 amide bonds. The van der Waals surface area contributed by atoms with Gasteiger partial charge in [-0.25, -0.2) is 0 Å². The largest absolute Gasteiger partial charge is 0.325 e. The van der Waals surface area contributed by atoms with Gasteiger partial charge >= 0.3 is 0 Å². The van der Waals surface area contributed by atoms with E-state index in [2.05, 4.69) is 5.32 Å². The van der Waals surface area contributed by atoms with Crippen molar-refractivity contribution in [1.82, 2.24) is 0 Å². The second kappa shape index (κ2) is 7.51. The van der Waals surface area contributed by atoms with Gasteiger partial charge in [-0.1, -0.05) is 66.7 Å². The maximum Gasteiger partial charge on any atom is 0.296 e. The minimum atomic E-state index is -4.40. The maximum absolute atomic E-state index is 12.2. The highest BCUT2D eigenvalue weighted by atomic mass is 32.2. The monoisotopic (exact) mass is 367 g/mol. The van der Waals surface area contributed by atoms with E-state index in [0.717, 1.165) is 16.7 Å². The summed E-state index contributed by atoms with van der Waals surface area (Å²) in [5, 5.41) is 2.53. The average Bonchev–Trinajstić information content (AvgIpc) is 2.62. The molecule has 0 fully saturated rings. The average molecular weight is 367 g/mol. The molecule has 0 bridgehead atoms. The second-order valence-electron chi connectivity index (χ2n) is 5.76. The van der Waals surface area contributed by atoms with Crippen LogP contribution < -0.4 is 5.32 Å². The number of hydrogen-bond donors (Lipinski definition) is 2. The minimum Gasteiger partial charge on any atom is -0.325 e. The molecule has 0 atom stereocenters. The standard InChI is InChI=1S/C20H17NO4S/c22-20(21-18-8-4-5-9-19(18)26(23,24)25)14-15-10-12-17(13-11-15)16-6-2-1-3-7-16/h1-13H,14H2,(H,21,22)(H,23,24,25). The molecule has 0 radical (unpaired) electrons. The summed E-state index contributed by atoms with van der Waals surface area (Å²) < 4.78 is 32.0. The Morgan fingerprint density at radius 3 is 2.04 bits per heavy atom. The van der Waals surface area contributed by atoms with E-state index in [0.29, 0.717) is 0 Å². The van der Waals surface area contributed by atoms with E-state index in [1.807, 2.05) is 54.6 Å². The lowest BCUT2D eigenvalue weighted by molar-refractivity contribution is -0.115. The maximum atomic E-state index is 12.2. The Balaban J connectivity index is 1.72. The van der Waals surface area contributed by atoms with Crippen LogP contribution in [0.2, 0.25) is 0 Å². The number of hydrogen-bond acceptors (Lipinski definition) is 3. The van der Waals surface area contributed by atoms with Crippen molar-refractivity contribution in [3.05, 3.63) is 84.4 Å². The van der Waals surface area contributed by atoms with Crippen LogP contribution in [0.4, 0.5) is 5.69 Å². The van der Waals surface area contributed by atoms with Gasteiger partial charge in [0, 0.05) is 0 Å². The second-order valence-corrected chi connectivity index (χ2v) is 7.15. The molecule has 2 N–H and O–H groups in total. The van der Waals surface area contributed by atoms with E-state index in [4.69, 9.17) is 0 Å². The van der Waals surface area contributed by atoms with Crippen LogP contribution in [-0.2, 0) is 21.3 Å². The van der Waals surface area contributed by atoms with Gasteiger partial charge in [-0.2, -0.15) is 8.42 Å². The summed E-state index contributed by atoms with van der Waals surface area (Å²) in [5.41, 5.74) is 2.99. The third-order valence-corrected chi connectivity index (χ3v) is 4.78. The molecular formula is C20H17NO4S. The van der Waals surface area contributed by atoms with Crippen molar-refractivity contribution >= 4 is 21.7 Å². The fraction of sp³-hybridized carbons (Fsp3) is 0.0500. The molecule has 132 valence electrons. The molecule has 0 spiro atoms. The molecule has 0 saturated carbocycles. The zero-order valence-corrected chi connectivity index (χ0v) is 14.6. The molecule has 3 aromatic rings. The fourth-order valence-electron chi connectivity index (χ4n) is 2.62. The van der Waals surface area contributed by atoms with E-state index in [9.17, 15) is 17.8 Å². The number of rotatable bonds is 5. The van der Waals surface area contributed by atoms with Gasteiger partial charge in [-0.15, -0.1) is 0 Å². The third kappa shape index (κ3) is 4.36. The number of benzene rings is 3. The van der Waals surface area contributed by atoms with E-state index in [1.165, 1.54) is 18.2 Å². The number of para-hydroxylation sites is 1. The molecule has 6 heteroatoms. The quantitative estimate of drug-likeness (QED) is 0.672. The summed E-state index contributed by atoms with van der Waals surface area (Å²) in [5.74, 6) is -0.367. The summed E-state index contributed by atoms with van der Waals surface area (Å²) >= 11 is 0. The van der Waals surface area contributed by atoms with Crippen molar-refractivity contribution in [3.8, 4) is 11.1 Å². The molecule has 5 nitrogen and oxygen atoms in total. The highest BCUT2D eigenvalue weighted by molar-refractivity contribution is 7.86. The zero-order chi connectivity index (χ0) is 18.6. The summed E-state index contributed by atoms with van der Waals surface area (Å²) in [6.07, 6.45) is 0.0921. The van der Waals surface area contributed by atoms with E-state index in [-0.39, 0.29) is 22.9 Å². The number of carbonyl (C=O) groups excluding carboxylic acids is 1. The van der Waals surface area contributed by atoms with E-state index < -0.39 is 10.1 Å². The summed E-state index contributed by atoms with van der Waals surface area (Å²) in [4.78, 5) is 11.9. The Bertz CT molecular complexity index is 1010. The van der Waals surface area contributed by atoms with Crippen molar-refractivity contribution in [1.29, 1.82) is 0 Å². The van der Waals surface area contributed by atoms with Gasteiger partial charge in [0.15, 0.2) is 0 Å². The molecule has 0 aliphatic rings. The summed E-state index contributed by atoms with van der Waals surface area (Å²) in [6.45, 7) is 0. The molecule has 3 aromatic carbocycles. The first-order chi connectivity index (χ1) is 12.4. The fourth-order valence-corrected chi connectivity index (χ4v) is 3.27. The minimum absolute atomic E-state index is 0.0564. The Labute approximate surface area is 152 Å². The molecular weight excluding hydrogens is 350 g/mol. The van der Waals surface area contributed by atoms with Crippen LogP contribution in [0.1, 0.15) is 5.56 Å². The molecule has 0 aromatic heterocycles. The van der Waals surface area contributed by atoms with Gasteiger partial charge < -0.3 is 5.32 Å². The van der Waals surface area contributed by atoms with Crippen molar-refractivity contribution < 1.29 is 17.8 Å². The lowest BCUT2D eigenvalue weighted by Crippen LogP contribution is -2.16. The van der Waals surface area contributed by atoms with Crippen LogP contribution in [0, 0.1) is 0 Å². The molecule has 0 aliphatic carbocycles. The molecule has 0 heterocycles. The van der Waals surface area contributed by atoms with Gasteiger partial charge in [-0.3, -0.25) is 9.35 Å². The van der Waals surface area contributed by atoms with Crippen LogP contribution in [0.15, 0.2) is 83.8 Å². The third-order valence-electron chi connectivity index (χ3n) is 3.86. The van der Waals surface area contributed by atoms with Crippen molar-refractivity contribution in [2.45, 2.75) is 11.3 Å². The van der Waals surface area contributed by atoms with Gasteiger partial charge in [0.1, 0.15) is 4.90 Å². The Hall–Kier alpha value is -2.96. The first-order valence-corrected chi connectivity index (χ1v) is 9.38. The number of amides is 1. The van der Waals surface area contributed by atoms with Crippen LogP contribution in [0.3, 0.4) is 0 Å². The molecule has 3 rings (SSSR count). The highest BCUT2D eigenvalue weighted by Gasteiger charge is 2.16.